The maximum Gasteiger partial charge on any atom is 0.339 e. The molecule has 2 rings (SSSR count). The molecular formula is C16H18KN2O3. The van der Waals surface area contributed by atoms with Crippen molar-refractivity contribution in [2.75, 3.05) is 0 Å². The van der Waals surface area contributed by atoms with Gasteiger partial charge in [0.05, 0.1) is 6.04 Å². The molecule has 0 fully saturated rings. The van der Waals surface area contributed by atoms with Crippen molar-refractivity contribution in [3.8, 4) is 5.75 Å². The summed E-state index contributed by atoms with van der Waals surface area (Å²) < 4.78 is 5.67. The first-order valence-electron chi connectivity index (χ1n) is 6.62. The number of urea groups is 1. The Kier molecular flexibility index (Phi) is 8.09. The van der Waals surface area contributed by atoms with E-state index in [0.717, 1.165) is 16.9 Å². The Balaban J connectivity index is 0.00000242. The number of nitrogens with zero attached hydrogens (tertiary/aromatic N) is 1. The van der Waals surface area contributed by atoms with Gasteiger partial charge in [0.15, 0.2) is 0 Å². The van der Waals surface area contributed by atoms with Crippen molar-refractivity contribution in [3.05, 3.63) is 65.7 Å². The van der Waals surface area contributed by atoms with E-state index in [-0.39, 0.29) is 51.4 Å². The summed E-state index contributed by atoms with van der Waals surface area (Å²) in [5.74, 6) is 0.721. The van der Waals surface area contributed by atoms with Crippen molar-refractivity contribution >= 4 is 57.4 Å². The average Bonchev–Trinajstić information content (AvgIpc) is 2.53. The first-order chi connectivity index (χ1) is 10.1. The zero-order chi connectivity index (χ0) is 15.2. The fourth-order valence-electron chi connectivity index (χ4n) is 1.92. The number of hydroxylamine groups is 2. The summed E-state index contributed by atoms with van der Waals surface area (Å²) in [6.07, 6.45) is 0. The summed E-state index contributed by atoms with van der Waals surface area (Å²) in [7, 11) is 0. The fourth-order valence-corrected chi connectivity index (χ4v) is 1.92. The predicted molar refractivity (Wildman–Crippen MR) is 84.6 cm³/mol. The number of ether oxygens (including phenoxy) is 1. The van der Waals surface area contributed by atoms with Gasteiger partial charge < -0.3 is 10.5 Å². The van der Waals surface area contributed by atoms with Crippen molar-refractivity contribution in [3.63, 3.8) is 0 Å². The fraction of sp³-hybridized carbons (Fsp3) is 0.188. The standard InChI is InChI=1S/C16H18N2O3.K/c1-12(18(20)16(17)19)14-7-9-15(10-8-14)21-11-13-5-3-2-4-6-13;/h2-10,12,20H,11H2,1H3,(H2,17,19);. The molecule has 6 heteroatoms. The summed E-state index contributed by atoms with van der Waals surface area (Å²) in [4.78, 5) is 10.9. The maximum atomic E-state index is 10.9. The van der Waals surface area contributed by atoms with Crippen LogP contribution in [0, 0.1) is 0 Å². The quantitative estimate of drug-likeness (QED) is 0.504. The van der Waals surface area contributed by atoms with Crippen LogP contribution in [-0.2, 0) is 6.61 Å². The molecule has 0 saturated carbocycles. The first kappa shape index (κ1) is 19.2. The molecule has 0 aliphatic heterocycles. The van der Waals surface area contributed by atoms with Crippen molar-refractivity contribution in [1.29, 1.82) is 0 Å². The molecule has 2 aromatic carbocycles. The number of amides is 2. The molecule has 1 radical (unpaired) electrons. The van der Waals surface area contributed by atoms with E-state index in [4.69, 9.17) is 10.5 Å². The van der Waals surface area contributed by atoms with Gasteiger partial charge in [-0.2, -0.15) is 5.06 Å². The molecule has 1 atom stereocenters. The SMILES string of the molecule is CC(c1ccc(OCc2ccccc2)cc1)N(O)C(N)=O.[K]. The molecule has 22 heavy (non-hydrogen) atoms. The van der Waals surface area contributed by atoms with Gasteiger partial charge in [-0.3, -0.25) is 5.21 Å². The molecule has 2 aromatic rings. The Morgan fingerprint density at radius 3 is 2.32 bits per heavy atom. The van der Waals surface area contributed by atoms with Crippen LogP contribution >= 0.6 is 0 Å². The first-order valence-corrected chi connectivity index (χ1v) is 6.62. The van der Waals surface area contributed by atoms with Crippen LogP contribution in [0.4, 0.5) is 4.79 Å². The number of hydrogen-bond donors (Lipinski definition) is 2. The summed E-state index contributed by atoms with van der Waals surface area (Å²) >= 11 is 0. The summed E-state index contributed by atoms with van der Waals surface area (Å²) in [6, 6.07) is 15.6. The molecule has 0 spiro atoms. The van der Waals surface area contributed by atoms with Crippen LogP contribution in [0.25, 0.3) is 0 Å². The van der Waals surface area contributed by atoms with Crippen LogP contribution in [0.1, 0.15) is 24.1 Å². The number of rotatable bonds is 5. The molecule has 0 saturated heterocycles. The molecular weight excluding hydrogens is 307 g/mol. The molecule has 3 N–H and O–H groups in total. The molecule has 1 unspecified atom stereocenters. The average molecular weight is 325 g/mol. The number of benzene rings is 2. The largest absolute Gasteiger partial charge is 0.489 e. The van der Waals surface area contributed by atoms with E-state index >= 15 is 0 Å². The van der Waals surface area contributed by atoms with E-state index in [1.54, 1.807) is 31.2 Å². The van der Waals surface area contributed by atoms with Crippen molar-refractivity contribution in [2.45, 2.75) is 19.6 Å². The zero-order valence-corrected chi connectivity index (χ0v) is 15.9. The van der Waals surface area contributed by atoms with Crippen LogP contribution in [0.15, 0.2) is 54.6 Å². The van der Waals surface area contributed by atoms with Crippen LogP contribution in [-0.4, -0.2) is 67.7 Å². The van der Waals surface area contributed by atoms with Crippen LogP contribution in [0.3, 0.4) is 0 Å². The number of hydrogen-bond acceptors (Lipinski definition) is 3. The Bertz CT molecular complexity index is 590. The van der Waals surface area contributed by atoms with Gasteiger partial charge in [0.25, 0.3) is 0 Å². The van der Waals surface area contributed by atoms with Gasteiger partial charge in [-0.25, -0.2) is 4.79 Å². The van der Waals surface area contributed by atoms with E-state index in [1.807, 2.05) is 30.3 Å². The Morgan fingerprint density at radius 1 is 1.18 bits per heavy atom. The Morgan fingerprint density at radius 2 is 1.77 bits per heavy atom. The third-order valence-electron chi connectivity index (χ3n) is 3.20. The number of carbonyl (C=O) groups excluding carboxylic acids is 1. The van der Waals surface area contributed by atoms with Crippen LogP contribution in [0.2, 0.25) is 0 Å². The van der Waals surface area contributed by atoms with E-state index in [9.17, 15) is 10.0 Å². The molecule has 111 valence electrons. The van der Waals surface area contributed by atoms with Crippen molar-refractivity contribution in [2.24, 2.45) is 5.73 Å². The minimum Gasteiger partial charge on any atom is -0.489 e. The summed E-state index contributed by atoms with van der Waals surface area (Å²) in [5, 5.41) is 10.00. The van der Waals surface area contributed by atoms with E-state index in [0.29, 0.717) is 11.7 Å². The molecule has 0 aliphatic rings. The molecule has 0 heterocycles. The Hall–Kier alpha value is -0.894. The number of carbonyl (C=O) groups is 1. The van der Waals surface area contributed by atoms with E-state index < -0.39 is 12.1 Å². The third kappa shape index (κ3) is 5.38. The minimum absolute atomic E-state index is 0. The summed E-state index contributed by atoms with van der Waals surface area (Å²) in [5.41, 5.74) is 6.88. The number of nitrogens with two attached hydrogens (primary N) is 1. The van der Waals surface area contributed by atoms with Gasteiger partial charge in [-0.1, -0.05) is 42.5 Å². The topological polar surface area (TPSA) is 75.8 Å². The number of primary amides is 1. The second kappa shape index (κ2) is 9.29. The van der Waals surface area contributed by atoms with Gasteiger partial charge in [-0.05, 0) is 30.2 Å². The zero-order valence-electron chi connectivity index (χ0n) is 12.8. The van der Waals surface area contributed by atoms with Crippen molar-refractivity contribution in [1.82, 2.24) is 5.06 Å². The normalized spacial score (nSPS) is 11.2. The predicted octanol–water partition coefficient (Wildman–Crippen LogP) is 2.72. The minimum atomic E-state index is -0.882. The second-order valence-electron chi connectivity index (χ2n) is 4.70. The molecule has 5 nitrogen and oxygen atoms in total. The van der Waals surface area contributed by atoms with E-state index in [1.165, 1.54) is 0 Å². The maximum absolute atomic E-state index is 10.9. The Labute approximate surface area is 172 Å². The molecule has 0 bridgehead atoms. The molecule has 0 aromatic heterocycles. The summed E-state index contributed by atoms with van der Waals surface area (Å²) in [6.45, 7) is 2.17. The van der Waals surface area contributed by atoms with Gasteiger partial charge in [0, 0.05) is 51.4 Å². The van der Waals surface area contributed by atoms with Crippen molar-refractivity contribution < 1.29 is 14.7 Å². The van der Waals surface area contributed by atoms with Gasteiger partial charge in [0.2, 0.25) is 0 Å². The third-order valence-corrected chi connectivity index (χ3v) is 3.20. The molecule has 0 aliphatic carbocycles. The van der Waals surface area contributed by atoms with Gasteiger partial charge in [-0.15, -0.1) is 0 Å². The molecule has 2 amide bonds. The second-order valence-corrected chi connectivity index (χ2v) is 4.70. The van der Waals surface area contributed by atoms with Gasteiger partial charge in [0.1, 0.15) is 12.4 Å². The van der Waals surface area contributed by atoms with Crippen LogP contribution in [0.5, 0.6) is 5.75 Å². The monoisotopic (exact) mass is 325 g/mol. The van der Waals surface area contributed by atoms with E-state index in [2.05, 4.69) is 0 Å². The van der Waals surface area contributed by atoms with Gasteiger partial charge >= 0.3 is 6.03 Å². The smallest absolute Gasteiger partial charge is 0.339 e. The van der Waals surface area contributed by atoms with Crippen LogP contribution < -0.4 is 10.5 Å².